The first kappa shape index (κ1) is 24.5. The van der Waals surface area contributed by atoms with Gasteiger partial charge in [0.1, 0.15) is 11.5 Å². The van der Waals surface area contributed by atoms with Crippen LogP contribution in [0.2, 0.25) is 0 Å². The normalized spacial score (nSPS) is 16.5. The Balaban J connectivity index is 1.62. The molecule has 3 aromatic rings. The number of ether oxygens (including phenoxy) is 2. The zero-order valence-electron chi connectivity index (χ0n) is 20.1. The van der Waals surface area contributed by atoms with Gasteiger partial charge in [0, 0.05) is 12.0 Å². The van der Waals surface area contributed by atoms with Gasteiger partial charge in [-0.2, -0.15) is 0 Å². The molecule has 1 amide bonds. The average molecular weight is 489 g/mol. The van der Waals surface area contributed by atoms with Crippen molar-refractivity contribution < 1.29 is 19.1 Å². The third-order valence-electron chi connectivity index (χ3n) is 5.46. The smallest absolute Gasteiger partial charge is 0.247 e. The lowest BCUT2D eigenvalue weighted by atomic mass is 10.0. The molecule has 6 nitrogen and oxygen atoms in total. The molecule has 1 aliphatic heterocycles. The number of amidine groups is 1. The van der Waals surface area contributed by atoms with Gasteiger partial charge in [-0.3, -0.25) is 14.5 Å². The van der Waals surface area contributed by atoms with E-state index in [9.17, 15) is 9.59 Å². The van der Waals surface area contributed by atoms with Crippen LogP contribution in [0.3, 0.4) is 0 Å². The van der Waals surface area contributed by atoms with E-state index in [2.05, 4.69) is 0 Å². The fraction of sp³-hybridized carbons (Fsp3) is 0.250. The minimum Gasteiger partial charge on any atom is -0.494 e. The highest BCUT2D eigenvalue weighted by Crippen LogP contribution is 2.36. The molecule has 4 rings (SSSR count). The fourth-order valence-corrected chi connectivity index (χ4v) is 4.84. The molecule has 1 unspecified atom stereocenters. The van der Waals surface area contributed by atoms with Crippen LogP contribution in [0.4, 0.5) is 11.4 Å². The molecule has 0 saturated carbocycles. The molecular formula is C28H28N2O4S. The van der Waals surface area contributed by atoms with Gasteiger partial charge in [0.25, 0.3) is 0 Å². The lowest BCUT2D eigenvalue weighted by Gasteiger charge is -2.17. The van der Waals surface area contributed by atoms with Crippen molar-refractivity contribution in [3.05, 3.63) is 83.9 Å². The lowest BCUT2D eigenvalue weighted by Crippen LogP contribution is -2.32. The number of hydrogen-bond donors (Lipinski definition) is 0. The summed E-state index contributed by atoms with van der Waals surface area (Å²) in [6.45, 7) is 6.97. The highest BCUT2D eigenvalue weighted by atomic mass is 32.2. The Morgan fingerprint density at radius 1 is 0.886 bits per heavy atom. The minimum atomic E-state index is -0.559. The zero-order chi connectivity index (χ0) is 24.8. The molecular weight excluding hydrogens is 460 g/mol. The van der Waals surface area contributed by atoms with Crippen LogP contribution in [-0.4, -0.2) is 35.3 Å². The van der Waals surface area contributed by atoms with Crippen LogP contribution in [0.1, 0.15) is 36.2 Å². The molecule has 0 aromatic heterocycles. The zero-order valence-corrected chi connectivity index (χ0v) is 20.9. The number of rotatable bonds is 9. The van der Waals surface area contributed by atoms with Crippen LogP contribution in [0.15, 0.2) is 77.8 Å². The van der Waals surface area contributed by atoms with Gasteiger partial charge in [-0.1, -0.05) is 41.6 Å². The van der Waals surface area contributed by atoms with Crippen LogP contribution in [0.25, 0.3) is 0 Å². The number of carbonyl (C=O) groups is 2. The minimum absolute atomic E-state index is 0.0650. The number of thioether (sulfide) groups is 1. The number of benzene rings is 3. The number of aryl methyl sites for hydroxylation is 1. The summed E-state index contributed by atoms with van der Waals surface area (Å²) in [6, 6.07) is 22.2. The monoisotopic (exact) mass is 488 g/mol. The van der Waals surface area contributed by atoms with E-state index in [0.29, 0.717) is 35.3 Å². The van der Waals surface area contributed by atoms with E-state index in [-0.39, 0.29) is 18.1 Å². The van der Waals surface area contributed by atoms with Crippen LogP contribution >= 0.6 is 11.8 Å². The first-order valence-electron chi connectivity index (χ1n) is 11.6. The third-order valence-corrected chi connectivity index (χ3v) is 6.60. The molecule has 0 spiro atoms. The van der Waals surface area contributed by atoms with Gasteiger partial charge in [0.05, 0.1) is 29.8 Å². The maximum absolute atomic E-state index is 13.5. The molecule has 0 bridgehead atoms. The standard InChI is InChI=1S/C28H28N2O4S/c1-4-33-23-14-10-21(11-15-23)29-28-30(22-12-16-24(17-13-22)34-5-2)27(32)26(35-28)18-25(31)20-8-6-19(3)7-9-20/h6-17,26H,4-5,18H2,1-3H3. The highest BCUT2D eigenvalue weighted by Gasteiger charge is 2.40. The van der Waals surface area contributed by atoms with E-state index in [4.69, 9.17) is 14.5 Å². The molecule has 7 heteroatoms. The third kappa shape index (κ3) is 5.92. The van der Waals surface area contributed by atoms with E-state index in [1.54, 1.807) is 17.0 Å². The Morgan fingerprint density at radius 2 is 1.46 bits per heavy atom. The number of hydrogen-bond acceptors (Lipinski definition) is 6. The molecule has 1 heterocycles. The number of Topliss-reactive ketones (excluding diaryl/α,β-unsaturated/α-hetero) is 1. The van der Waals surface area contributed by atoms with Gasteiger partial charge in [-0.05, 0) is 69.3 Å². The number of anilines is 1. The van der Waals surface area contributed by atoms with E-state index >= 15 is 0 Å². The summed E-state index contributed by atoms with van der Waals surface area (Å²) in [4.78, 5) is 32.8. The number of amides is 1. The van der Waals surface area contributed by atoms with Crippen molar-refractivity contribution in [2.24, 2.45) is 4.99 Å². The molecule has 1 fully saturated rings. The van der Waals surface area contributed by atoms with Crippen molar-refractivity contribution in [1.82, 2.24) is 0 Å². The van der Waals surface area contributed by atoms with Crippen molar-refractivity contribution in [1.29, 1.82) is 0 Å². The summed E-state index contributed by atoms with van der Waals surface area (Å²) in [6.07, 6.45) is 0.0996. The van der Waals surface area contributed by atoms with E-state index in [1.165, 1.54) is 11.8 Å². The van der Waals surface area contributed by atoms with Crippen LogP contribution in [0, 0.1) is 6.92 Å². The van der Waals surface area contributed by atoms with Crippen molar-refractivity contribution >= 4 is 40.0 Å². The largest absolute Gasteiger partial charge is 0.494 e. The van der Waals surface area contributed by atoms with Gasteiger partial charge in [0.15, 0.2) is 11.0 Å². The Kier molecular flexibility index (Phi) is 7.87. The predicted octanol–water partition coefficient (Wildman–Crippen LogP) is 6.20. The Bertz CT molecular complexity index is 1210. The molecule has 0 aliphatic carbocycles. The Hall–Kier alpha value is -3.58. The Labute approximate surface area is 210 Å². The molecule has 35 heavy (non-hydrogen) atoms. The van der Waals surface area contributed by atoms with E-state index < -0.39 is 5.25 Å². The van der Waals surface area contributed by atoms with Gasteiger partial charge >= 0.3 is 0 Å². The Morgan fingerprint density at radius 3 is 2.03 bits per heavy atom. The summed E-state index contributed by atoms with van der Waals surface area (Å²) in [7, 11) is 0. The maximum atomic E-state index is 13.5. The SMILES string of the molecule is CCOc1ccc(N=C2SC(CC(=O)c3ccc(C)cc3)C(=O)N2c2ccc(OCC)cc2)cc1. The van der Waals surface area contributed by atoms with Crippen molar-refractivity contribution in [3.8, 4) is 11.5 Å². The summed E-state index contributed by atoms with van der Waals surface area (Å²) in [5.74, 6) is 1.26. The fourth-order valence-electron chi connectivity index (χ4n) is 3.69. The lowest BCUT2D eigenvalue weighted by molar-refractivity contribution is -0.116. The molecule has 1 atom stereocenters. The molecule has 0 N–H and O–H groups in total. The number of nitrogens with zero attached hydrogens (tertiary/aromatic N) is 2. The van der Waals surface area contributed by atoms with Gasteiger partial charge in [-0.25, -0.2) is 4.99 Å². The van der Waals surface area contributed by atoms with Crippen LogP contribution < -0.4 is 14.4 Å². The van der Waals surface area contributed by atoms with Crippen molar-refractivity contribution in [2.45, 2.75) is 32.4 Å². The number of ketones is 1. The topological polar surface area (TPSA) is 68.2 Å². The molecule has 1 saturated heterocycles. The van der Waals surface area contributed by atoms with Gasteiger partial charge in [-0.15, -0.1) is 0 Å². The molecule has 180 valence electrons. The maximum Gasteiger partial charge on any atom is 0.247 e. The summed E-state index contributed by atoms with van der Waals surface area (Å²) >= 11 is 1.31. The van der Waals surface area contributed by atoms with Crippen LogP contribution in [0.5, 0.6) is 11.5 Å². The van der Waals surface area contributed by atoms with Crippen molar-refractivity contribution in [2.75, 3.05) is 18.1 Å². The second-order valence-corrected chi connectivity index (χ2v) is 9.19. The first-order valence-corrected chi connectivity index (χ1v) is 12.5. The molecule has 0 radical (unpaired) electrons. The first-order chi connectivity index (χ1) is 17.0. The molecule has 3 aromatic carbocycles. The summed E-state index contributed by atoms with van der Waals surface area (Å²) < 4.78 is 11.1. The van der Waals surface area contributed by atoms with Crippen LogP contribution in [-0.2, 0) is 4.79 Å². The quantitative estimate of drug-likeness (QED) is 0.335. The van der Waals surface area contributed by atoms with Gasteiger partial charge in [0.2, 0.25) is 5.91 Å². The number of aliphatic imine (C=N–C) groups is 1. The van der Waals surface area contributed by atoms with E-state index in [0.717, 1.165) is 17.1 Å². The van der Waals surface area contributed by atoms with Gasteiger partial charge < -0.3 is 9.47 Å². The number of carbonyl (C=O) groups excluding carboxylic acids is 2. The second kappa shape index (κ2) is 11.2. The molecule has 1 aliphatic rings. The average Bonchev–Trinajstić information content (AvgIpc) is 3.16. The summed E-state index contributed by atoms with van der Waals surface area (Å²) in [5, 5.41) is -0.0261. The second-order valence-electron chi connectivity index (χ2n) is 8.02. The van der Waals surface area contributed by atoms with Crippen molar-refractivity contribution in [3.63, 3.8) is 0 Å². The van der Waals surface area contributed by atoms with E-state index in [1.807, 2.05) is 81.4 Å². The predicted molar refractivity (Wildman–Crippen MR) is 141 cm³/mol. The summed E-state index contributed by atoms with van der Waals surface area (Å²) in [5.41, 5.74) is 3.07. The highest BCUT2D eigenvalue weighted by molar-refractivity contribution is 8.16.